The maximum atomic E-state index is 12.4. The van der Waals surface area contributed by atoms with Gasteiger partial charge in [-0.25, -0.2) is 0 Å². The molecule has 130 valence electrons. The van der Waals surface area contributed by atoms with Crippen LogP contribution in [0.25, 0.3) is 21.9 Å². The highest BCUT2D eigenvalue weighted by Crippen LogP contribution is 2.30. The number of carbonyl (C=O) groups excluding carboxylic acids is 1. The van der Waals surface area contributed by atoms with Crippen molar-refractivity contribution in [2.24, 2.45) is 0 Å². The highest BCUT2D eigenvalue weighted by molar-refractivity contribution is 6.06. The Morgan fingerprint density at radius 2 is 1.77 bits per heavy atom. The number of furan rings is 1. The van der Waals surface area contributed by atoms with Gasteiger partial charge in [0.05, 0.1) is 0 Å². The second kappa shape index (κ2) is 6.56. The van der Waals surface area contributed by atoms with Gasteiger partial charge < -0.3 is 14.5 Å². The highest BCUT2D eigenvalue weighted by atomic mass is 16.5. The van der Waals surface area contributed by atoms with E-state index in [1.165, 1.54) is 0 Å². The van der Waals surface area contributed by atoms with Crippen molar-refractivity contribution < 1.29 is 13.9 Å². The quantitative estimate of drug-likeness (QED) is 0.546. The molecule has 1 aromatic heterocycles. The van der Waals surface area contributed by atoms with Gasteiger partial charge in [-0.15, -0.1) is 0 Å². The number of carbonyl (C=O) groups is 1. The van der Waals surface area contributed by atoms with Crippen molar-refractivity contribution in [1.29, 1.82) is 0 Å². The number of fused-ring (bicyclic) bond motifs is 3. The Bertz CT molecular complexity index is 1100. The maximum Gasteiger partial charge on any atom is 0.265 e. The van der Waals surface area contributed by atoms with E-state index in [1.807, 2.05) is 73.7 Å². The van der Waals surface area contributed by atoms with Gasteiger partial charge in [-0.3, -0.25) is 4.79 Å². The van der Waals surface area contributed by atoms with Crippen LogP contribution in [0.5, 0.6) is 5.75 Å². The molecule has 0 radical (unpaired) electrons. The number of hydrogen-bond donors (Lipinski definition) is 1. The van der Waals surface area contributed by atoms with Gasteiger partial charge >= 0.3 is 0 Å². The van der Waals surface area contributed by atoms with Crippen LogP contribution in [0.4, 0.5) is 5.69 Å². The van der Waals surface area contributed by atoms with Gasteiger partial charge in [0.1, 0.15) is 16.9 Å². The van der Waals surface area contributed by atoms with Gasteiger partial charge in [0, 0.05) is 22.5 Å². The first-order valence-corrected chi connectivity index (χ1v) is 8.55. The van der Waals surface area contributed by atoms with Gasteiger partial charge in [-0.2, -0.15) is 0 Å². The van der Waals surface area contributed by atoms with Crippen molar-refractivity contribution in [3.63, 3.8) is 0 Å². The number of aryl methyl sites for hydroxylation is 1. The van der Waals surface area contributed by atoms with Crippen molar-refractivity contribution >= 4 is 33.5 Å². The topological polar surface area (TPSA) is 51.5 Å². The molecule has 0 saturated carbocycles. The molecule has 0 fully saturated rings. The van der Waals surface area contributed by atoms with Gasteiger partial charge in [0.15, 0.2) is 6.10 Å². The molecule has 4 heteroatoms. The molecule has 26 heavy (non-hydrogen) atoms. The fourth-order valence-electron chi connectivity index (χ4n) is 2.99. The summed E-state index contributed by atoms with van der Waals surface area (Å²) in [5.74, 6) is 0.474. The summed E-state index contributed by atoms with van der Waals surface area (Å²) in [6.45, 7) is 3.72. The van der Waals surface area contributed by atoms with Crippen molar-refractivity contribution in [3.05, 3.63) is 72.3 Å². The van der Waals surface area contributed by atoms with Gasteiger partial charge in [0.2, 0.25) is 0 Å². The summed E-state index contributed by atoms with van der Waals surface area (Å²) >= 11 is 0. The summed E-state index contributed by atoms with van der Waals surface area (Å²) in [5, 5.41) is 4.99. The van der Waals surface area contributed by atoms with Crippen LogP contribution in [-0.2, 0) is 4.79 Å². The third-order valence-corrected chi connectivity index (χ3v) is 4.32. The minimum absolute atomic E-state index is 0.207. The molecule has 0 unspecified atom stereocenters. The molecular formula is C22H19NO3. The van der Waals surface area contributed by atoms with Crippen LogP contribution in [0.15, 0.2) is 71.1 Å². The summed E-state index contributed by atoms with van der Waals surface area (Å²) in [7, 11) is 0. The summed E-state index contributed by atoms with van der Waals surface area (Å²) in [5.41, 5.74) is 3.35. The fourth-order valence-corrected chi connectivity index (χ4v) is 2.99. The van der Waals surface area contributed by atoms with Crippen LogP contribution >= 0.6 is 0 Å². The molecular weight excluding hydrogens is 326 g/mol. The van der Waals surface area contributed by atoms with Crippen molar-refractivity contribution in [1.82, 2.24) is 0 Å². The molecule has 4 nitrogen and oxygen atoms in total. The first-order chi connectivity index (χ1) is 12.6. The molecule has 3 aromatic carbocycles. The molecule has 1 N–H and O–H groups in total. The minimum Gasteiger partial charge on any atom is -0.481 e. The van der Waals surface area contributed by atoms with Crippen molar-refractivity contribution in [2.75, 3.05) is 5.32 Å². The first kappa shape index (κ1) is 16.2. The molecule has 1 amide bonds. The predicted molar refractivity (Wildman–Crippen MR) is 104 cm³/mol. The van der Waals surface area contributed by atoms with Crippen LogP contribution < -0.4 is 10.1 Å². The van der Waals surface area contributed by atoms with E-state index in [0.717, 1.165) is 27.5 Å². The number of anilines is 1. The smallest absolute Gasteiger partial charge is 0.265 e. The summed E-state index contributed by atoms with van der Waals surface area (Å²) in [6, 6.07) is 21.2. The van der Waals surface area contributed by atoms with E-state index in [2.05, 4.69) is 5.32 Å². The molecule has 0 saturated heterocycles. The Labute approximate surface area is 151 Å². The number of hydrogen-bond acceptors (Lipinski definition) is 3. The lowest BCUT2D eigenvalue weighted by Gasteiger charge is -2.15. The monoisotopic (exact) mass is 345 g/mol. The second-order valence-corrected chi connectivity index (χ2v) is 6.37. The van der Waals surface area contributed by atoms with Gasteiger partial charge in [-0.1, -0.05) is 30.3 Å². The molecule has 0 aliphatic heterocycles. The number of rotatable bonds is 4. The molecule has 4 rings (SSSR count). The van der Waals surface area contributed by atoms with E-state index in [9.17, 15) is 4.79 Å². The van der Waals surface area contributed by atoms with Crippen LogP contribution in [0, 0.1) is 6.92 Å². The lowest BCUT2D eigenvalue weighted by Crippen LogP contribution is -2.30. The largest absolute Gasteiger partial charge is 0.481 e. The molecule has 1 atom stereocenters. The molecule has 0 spiro atoms. The van der Waals surface area contributed by atoms with E-state index in [1.54, 1.807) is 6.92 Å². The number of amides is 1. The Hall–Kier alpha value is -3.27. The van der Waals surface area contributed by atoms with Gasteiger partial charge in [-0.05, 0) is 49.7 Å². The van der Waals surface area contributed by atoms with E-state index in [-0.39, 0.29) is 5.91 Å². The Balaban J connectivity index is 1.52. The van der Waals surface area contributed by atoms with Crippen LogP contribution in [0.3, 0.4) is 0 Å². The normalized spacial score (nSPS) is 12.2. The van der Waals surface area contributed by atoms with Crippen molar-refractivity contribution in [2.45, 2.75) is 20.0 Å². The van der Waals surface area contributed by atoms with Crippen LogP contribution in [0.1, 0.15) is 12.5 Å². The number of benzene rings is 3. The molecule has 1 heterocycles. The number of para-hydroxylation sites is 1. The van der Waals surface area contributed by atoms with E-state index < -0.39 is 6.10 Å². The zero-order chi connectivity index (χ0) is 18.1. The zero-order valence-corrected chi connectivity index (χ0v) is 14.7. The SMILES string of the molecule is Cc1cccc(O[C@@H](C)C(=O)Nc2ccc3c(c2)oc2ccccc23)c1. The summed E-state index contributed by atoms with van der Waals surface area (Å²) in [4.78, 5) is 12.4. The highest BCUT2D eigenvalue weighted by Gasteiger charge is 2.16. The molecule has 0 aliphatic carbocycles. The summed E-state index contributed by atoms with van der Waals surface area (Å²) < 4.78 is 11.6. The van der Waals surface area contributed by atoms with Crippen LogP contribution in [-0.4, -0.2) is 12.0 Å². The Morgan fingerprint density at radius 3 is 2.62 bits per heavy atom. The molecule has 0 bridgehead atoms. The maximum absolute atomic E-state index is 12.4. The number of nitrogens with one attached hydrogen (secondary N) is 1. The molecule has 0 aliphatic rings. The third kappa shape index (κ3) is 3.14. The molecule has 4 aromatic rings. The average molecular weight is 345 g/mol. The summed E-state index contributed by atoms with van der Waals surface area (Å²) in [6.07, 6.45) is -0.608. The fraction of sp³-hybridized carbons (Fsp3) is 0.136. The number of ether oxygens (including phenoxy) is 1. The van der Waals surface area contributed by atoms with E-state index in [0.29, 0.717) is 11.4 Å². The Kier molecular flexibility index (Phi) is 4.09. The predicted octanol–water partition coefficient (Wildman–Crippen LogP) is 5.30. The first-order valence-electron chi connectivity index (χ1n) is 8.55. The van der Waals surface area contributed by atoms with E-state index >= 15 is 0 Å². The van der Waals surface area contributed by atoms with Gasteiger partial charge in [0.25, 0.3) is 5.91 Å². The van der Waals surface area contributed by atoms with E-state index in [4.69, 9.17) is 9.15 Å². The third-order valence-electron chi connectivity index (χ3n) is 4.32. The standard InChI is InChI=1S/C22H19NO3/c1-14-6-5-7-17(12-14)25-15(2)22(24)23-16-10-11-19-18-8-3-4-9-20(18)26-21(19)13-16/h3-13,15H,1-2H3,(H,23,24)/t15-/m0/s1. The average Bonchev–Trinajstić information content (AvgIpc) is 2.99. The Morgan fingerprint density at radius 1 is 0.962 bits per heavy atom. The lowest BCUT2D eigenvalue weighted by atomic mass is 10.1. The lowest BCUT2D eigenvalue weighted by molar-refractivity contribution is -0.122. The van der Waals surface area contributed by atoms with Crippen LogP contribution in [0.2, 0.25) is 0 Å². The zero-order valence-electron chi connectivity index (χ0n) is 14.7. The van der Waals surface area contributed by atoms with Crippen molar-refractivity contribution in [3.8, 4) is 5.75 Å². The second-order valence-electron chi connectivity index (χ2n) is 6.37. The minimum atomic E-state index is -0.608.